The molecule has 2 aromatic carbocycles. The summed E-state index contributed by atoms with van der Waals surface area (Å²) in [6.07, 6.45) is 2.92. The van der Waals surface area contributed by atoms with Crippen LogP contribution in [0.1, 0.15) is 30.0 Å². The summed E-state index contributed by atoms with van der Waals surface area (Å²) in [5, 5.41) is 14.1. The Bertz CT molecular complexity index is 1230. The Morgan fingerprint density at radius 2 is 1.91 bits per heavy atom. The first-order chi connectivity index (χ1) is 16.4. The highest BCUT2D eigenvalue weighted by Crippen LogP contribution is 2.43. The Hall–Kier alpha value is -4.27. The van der Waals surface area contributed by atoms with Crippen LogP contribution in [-0.2, 0) is 9.59 Å². The van der Waals surface area contributed by atoms with Crippen LogP contribution in [0.4, 0.5) is 17.1 Å². The second kappa shape index (κ2) is 9.70. The molecule has 2 atom stereocenters. The first-order valence-electron chi connectivity index (χ1n) is 10.8. The monoisotopic (exact) mass is 460 g/mol. The third kappa shape index (κ3) is 4.45. The van der Waals surface area contributed by atoms with Crippen LogP contribution in [0.15, 0.2) is 67.0 Å². The molecule has 0 radical (unpaired) electrons. The number of methoxy groups -OCH3 is 1. The van der Waals surface area contributed by atoms with E-state index < -0.39 is 22.8 Å². The second-order valence-corrected chi connectivity index (χ2v) is 8.07. The van der Waals surface area contributed by atoms with Crippen molar-refractivity contribution in [1.82, 2.24) is 4.98 Å². The number of aromatic nitrogens is 1. The van der Waals surface area contributed by atoms with Crippen molar-refractivity contribution in [2.45, 2.75) is 25.8 Å². The van der Waals surface area contributed by atoms with E-state index in [-0.39, 0.29) is 30.1 Å². The van der Waals surface area contributed by atoms with Crippen molar-refractivity contribution in [2.75, 3.05) is 17.3 Å². The quantitative estimate of drug-likeness (QED) is 0.430. The lowest BCUT2D eigenvalue weighted by Gasteiger charge is -2.41. The molecule has 3 aromatic rings. The van der Waals surface area contributed by atoms with Gasteiger partial charge in [0.2, 0.25) is 11.8 Å². The van der Waals surface area contributed by atoms with E-state index in [0.29, 0.717) is 17.0 Å². The van der Waals surface area contributed by atoms with E-state index in [2.05, 4.69) is 10.3 Å². The highest BCUT2D eigenvalue weighted by molar-refractivity contribution is 6.01. The van der Waals surface area contributed by atoms with E-state index in [9.17, 15) is 19.7 Å². The average molecular weight is 460 g/mol. The van der Waals surface area contributed by atoms with Crippen LogP contribution in [0.2, 0.25) is 0 Å². The molecule has 2 heterocycles. The van der Waals surface area contributed by atoms with Crippen molar-refractivity contribution in [1.29, 1.82) is 0 Å². The topological polar surface area (TPSA) is 115 Å². The first kappa shape index (κ1) is 22.9. The van der Waals surface area contributed by atoms with Gasteiger partial charge >= 0.3 is 5.69 Å². The van der Waals surface area contributed by atoms with Gasteiger partial charge < -0.3 is 15.0 Å². The molecule has 0 spiro atoms. The summed E-state index contributed by atoms with van der Waals surface area (Å²) >= 11 is 0. The van der Waals surface area contributed by atoms with Crippen molar-refractivity contribution in [3.8, 4) is 5.75 Å². The number of ether oxygens (including phenoxy) is 1. The number of hydrogen-bond donors (Lipinski definition) is 1. The minimum Gasteiger partial charge on any atom is -0.496 e. The molecular formula is C25H24N4O5. The zero-order valence-electron chi connectivity index (χ0n) is 18.8. The average Bonchev–Trinajstić information content (AvgIpc) is 2.84. The summed E-state index contributed by atoms with van der Waals surface area (Å²) in [5.74, 6) is -0.663. The van der Waals surface area contributed by atoms with Crippen LogP contribution in [0, 0.1) is 23.0 Å². The number of nitrogens with zero attached hydrogens (tertiary/aromatic N) is 3. The number of nitrogens with one attached hydrogen (secondary N) is 1. The molecule has 174 valence electrons. The van der Waals surface area contributed by atoms with Crippen LogP contribution >= 0.6 is 0 Å². The summed E-state index contributed by atoms with van der Waals surface area (Å²) < 4.78 is 5.57. The number of carbonyl (C=O) groups is 2. The van der Waals surface area contributed by atoms with Crippen LogP contribution < -0.4 is 15.0 Å². The van der Waals surface area contributed by atoms with E-state index in [4.69, 9.17) is 4.74 Å². The van der Waals surface area contributed by atoms with Gasteiger partial charge in [0.1, 0.15) is 17.6 Å². The van der Waals surface area contributed by atoms with Gasteiger partial charge in [0.15, 0.2) is 0 Å². The van der Waals surface area contributed by atoms with E-state index >= 15 is 0 Å². The zero-order chi connectivity index (χ0) is 24.2. The van der Waals surface area contributed by atoms with Gasteiger partial charge in [-0.2, -0.15) is 0 Å². The van der Waals surface area contributed by atoms with Gasteiger partial charge in [0, 0.05) is 23.9 Å². The van der Waals surface area contributed by atoms with E-state index in [1.54, 1.807) is 11.0 Å². The molecule has 4 rings (SSSR count). The SMILES string of the molecule is COc1ccccc1C1C(C(=O)Nc2ccncc2[N+](=O)[O-])CCC(=O)N1c1ccc(C)cc1. The normalized spacial score (nSPS) is 17.8. The standard InChI is InChI=1S/C25H24N4O5/c1-16-7-9-17(10-8-16)28-23(30)12-11-19(24(28)18-5-3-4-6-22(18)34-2)25(31)27-20-13-14-26-15-21(20)29(32)33/h3-10,13-15,19,24H,11-12H2,1-2H3,(H,26,27,31). The maximum absolute atomic E-state index is 13.5. The number of anilines is 2. The van der Waals surface area contributed by atoms with Gasteiger partial charge in [0.05, 0.1) is 24.0 Å². The molecule has 9 nitrogen and oxygen atoms in total. The lowest BCUT2D eigenvalue weighted by molar-refractivity contribution is -0.384. The number of hydrogen-bond acceptors (Lipinski definition) is 6. The number of aryl methyl sites for hydroxylation is 1. The zero-order valence-corrected chi connectivity index (χ0v) is 18.8. The highest BCUT2D eigenvalue weighted by atomic mass is 16.6. The molecule has 2 amide bonds. The molecule has 1 N–H and O–H groups in total. The van der Waals surface area contributed by atoms with Crippen LogP contribution in [-0.4, -0.2) is 28.8 Å². The third-order valence-corrected chi connectivity index (χ3v) is 5.96. The van der Waals surface area contributed by atoms with Gasteiger partial charge in [-0.25, -0.2) is 0 Å². The van der Waals surface area contributed by atoms with Crippen molar-refractivity contribution in [3.05, 3.63) is 88.2 Å². The molecule has 1 aromatic heterocycles. The summed E-state index contributed by atoms with van der Waals surface area (Å²) in [6, 6.07) is 15.5. The highest BCUT2D eigenvalue weighted by Gasteiger charge is 2.43. The Morgan fingerprint density at radius 1 is 1.18 bits per heavy atom. The van der Waals surface area contributed by atoms with Gasteiger partial charge in [-0.3, -0.25) is 24.7 Å². The smallest absolute Gasteiger partial charge is 0.310 e. The molecular weight excluding hydrogens is 436 g/mol. The third-order valence-electron chi connectivity index (χ3n) is 5.96. The Kier molecular flexibility index (Phi) is 6.53. The summed E-state index contributed by atoms with van der Waals surface area (Å²) in [6.45, 7) is 1.96. The molecule has 0 aliphatic carbocycles. The minimum atomic E-state index is -0.678. The fourth-order valence-electron chi connectivity index (χ4n) is 4.31. The van der Waals surface area contributed by atoms with Crippen molar-refractivity contribution < 1.29 is 19.2 Å². The summed E-state index contributed by atoms with van der Waals surface area (Å²) in [4.78, 5) is 42.9. The van der Waals surface area contributed by atoms with Crippen molar-refractivity contribution in [2.24, 2.45) is 5.92 Å². The molecule has 34 heavy (non-hydrogen) atoms. The van der Waals surface area contributed by atoms with E-state index in [0.717, 1.165) is 11.8 Å². The molecule has 2 unspecified atom stereocenters. The number of rotatable bonds is 6. The molecule has 0 saturated carbocycles. The van der Waals surface area contributed by atoms with E-state index in [1.165, 1.54) is 19.4 Å². The van der Waals surface area contributed by atoms with Crippen LogP contribution in [0.3, 0.4) is 0 Å². The Labute approximate surface area is 196 Å². The maximum Gasteiger partial charge on any atom is 0.310 e. The first-order valence-corrected chi connectivity index (χ1v) is 10.8. The second-order valence-electron chi connectivity index (χ2n) is 8.07. The van der Waals surface area contributed by atoms with Gasteiger partial charge in [0.25, 0.3) is 0 Å². The predicted octanol–water partition coefficient (Wildman–Crippen LogP) is 4.43. The number of carbonyl (C=O) groups excluding carboxylic acids is 2. The molecule has 9 heteroatoms. The lowest BCUT2D eigenvalue weighted by Crippen LogP contribution is -2.47. The number of nitro groups is 1. The predicted molar refractivity (Wildman–Crippen MR) is 127 cm³/mol. The summed E-state index contributed by atoms with van der Waals surface area (Å²) in [5.41, 5.74) is 2.15. The molecule has 1 aliphatic heterocycles. The van der Waals surface area contributed by atoms with Crippen molar-refractivity contribution >= 4 is 28.9 Å². The Morgan fingerprint density at radius 3 is 2.62 bits per heavy atom. The molecule has 1 saturated heterocycles. The van der Waals surface area contributed by atoms with E-state index in [1.807, 2.05) is 49.4 Å². The summed E-state index contributed by atoms with van der Waals surface area (Å²) in [7, 11) is 1.54. The molecule has 0 bridgehead atoms. The number of amides is 2. The van der Waals surface area contributed by atoms with Crippen LogP contribution in [0.5, 0.6) is 5.75 Å². The molecule has 1 fully saturated rings. The minimum absolute atomic E-state index is 0.0579. The number of benzene rings is 2. The van der Waals surface area contributed by atoms with Gasteiger partial charge in [-0.15, -0.1) is 0 Å². The fraction of sp³-hybridized carbons (Fsp3) is 0.240. The number of pyridine rings is 1. The number of para-hydroxylation sites is 1. The number of piperidine rings is 1. The maximum atomic E-state index is 13.5. The van der Waals surface area contributed by atoms with Gasteiger partial charge in [-0.1, -0.05) is 35.9 Å². The van der Waals surface area contributed by atoms with Crippen molar-refractivity contribution in [3.63, 3.8) is 0 Å². The largest absolute Gasteiger partial charge is 0.496 e. The van der Waals surface area contributed by atoms with Gasteiger partial charge in [-0.05, 0) is 37.6 Å². The fourth-order valence-corrected chi connectivity index (χ4v) is 4.31. The molecule has 1 aliphatic rings. The van der Waals surface area contributed by atoms with Crippen LogP contribution in [0.25, 0.3) is 0 Å². The Balaban J connectivity index is 1.79. The lowest BCUT2D eigenvalue weighted by atomic mass is 9.82.